The lowest BCUT2D eigenvalue weighted by Crippen LogP contribution is -2.51. The Kier molecular flexibility index (Phi) is 11.2. The van der Waals surface area contributed by atoms with Gasteiger partial charge in [0, 0.05) is 12.3 Å². The van der Waals surface area contributed by atoms with Crippen LogP contribution in [0.5, 0.6) is 5.75 Å². The molecule has 1 aromatic carbocycles. The van der Waals surface area contributed by atoms with Crippen LogP contribution in [0.15, 0.2) is 18.2 Å². The highest BCUT2D eigenvalue weighted by Gasteiger charge is 2.60. The Labute approximate surface area is 250 Å². The molecule has 2 saturated carbocycles. The van der Waals surface area contributed by atoms with Crippen LogP contribution < -0.4 is 0 Å². The monoisotopic (exact) mass is 623 g/mol. The lowest BCUT2D eigenvalue weighted by Gasteiger charge is -2.54. The minimum absolute atomic E-state index is 0.158. The zero-order chi connectivity index (χ0) is 30.7. The largest absolute Gasteiger partial charge is 0.508 e. The summed E-state index contributed by atoms with van der Waals surface area (Å²) in [5.41, 5.74) is 1.74. The third-order valence-corrected chi connectivity index (χ3v) is 11.6. The van der Waals surface area contributed by atoms with Crippen LogP contribution in [0.25, 0.3) is 0 Å². The zero-order valence-corrected chi connectivity index (χ0v) is 25.6. The summed E-state index contributed by atoms with van der Waals surface area (Å²) in [6.07, 6.45) is -0.340. The quantitative estimate of drug-likeness (QED) is 0.161. The molecular formula is C32H47F6NO2S. The van der Waals surface area contributed by atoms with Gasteiger partial charge in [-0.3, -0.25) is 0 Å². The topological polar surface area (TPSA) is 43.7 Å². The number of hydrogen-bond donors (Lipinski definition) is 2. The highest BCUT2D eigenvalue weighted by atomic mass is 32.2. The molecule has 7 atom stereocenters. The summed E-state index contributed by atoms with van der Waals surface area (Å²) in [4.78, 5) is 2.23. The van der Waals surface area contributed by atoms with E-state index in [-0.39, 0.29) is 29.4 Å². The second kappa shape index (κ2) is 13.9. The van der Waals surface area contributed by atoms with Gasteiger partial charge in [-0.1, -0.05) is 25.8 Å². The van der Waals surface area contributed by atoms with Gasteiger partial charge >= 0.3 is 12.1 Å². The Morgan fingerprint density at radius 3 is 2.45 bits per heavy atom. The number of unbranched alkanes of at least 4 members (excludes halogenated alkanes) is 2. The molecule has 10 heteroatoms. The van der Waals surface area contributed by atoms with Crippen LogP contribution in [-0.2, 0) is 6.42 Å². The molecule has 0 amide bonds. The molecule has 0 aliphatic heterocycles. The summed E-state index contributed by atoms with van der Waals surface area (Å²) in [6.45, 7) is 3.86. The predicted octanol–water partition coefficient (Wildman–Crippen LogP) is 8.38. The van der Waals surface area contributed by atoms with E-state index in [2.05, 4.69) is 11.8 Å². The number of aliphatic hydroxyl groups is 1. The fourth-order valence-electron chi connectivity index (χ4n) is 8.19. The van der Waals surface area contributed by atoms with Gasteiger partial charge in [0.2, 0.25) is 0 Å². The van der Waals surface area contributed by atoms with Crippen LogP contribution in [0.1, 0.15) is 88.2 Å². The van der Waals surface area contributed by atoms with Gasteiger partial charge in [-0.15, -0.1) is 0 Å². The third-order valence-electron chi connectivity index (χ3n) is 10.4. The summed E-state index contributed by atoms with van der Waals surface area (Å²) in [7, 11) is 2.04. The minimum Gasteiger partial charge on any atom is -0.508 e. The number of phenols is 1. The standard InChI is InChI=1S/C32H47F6NO2S/c1-30-20-26(33)29-24-10-9-23(40)19-22(24)18-21(28(29)25(30)11-12-27(30)41)8-4-3-5-14-39(2)15-7-17-42-16-6-13-31(34,35)32(36,37)38/h9-10,19,21,25-29,40-41H,3-8,11-18,20H2,1-2H3/t21?,25-,26?,27?,28-,29-,30-/m0/s1. The Bertz CT molecular complexity index is 1030. The molecule has 2 N–H and O–H groups in total. The SMILES string of the molecule is CN(CCCCCC1Cc2cc(O)ccc2[C@H]2C(F)C[C@]3(C)C(O)CC[C@H]3[C@H]12)CCCSCCCC(F)(F)C(F)(F)F. The Morgan fingerprint density at radius 2 is 1.71 bits per heavy atom. The van der Waals surface area contributed by atoms with E-state index < -0.39 is 30.8 Å². The molecule has 240 valence electrons. The number of benzene rings is 1. The lowest BCUT2D eigenvalue weighted by molar-refractivity contribution is -0.284. The van der Waals surface area contributed by atoms with Crippen molar-refractivity contribution in [2.24, 2.45) is 23.2 Å². The number of hydrogen-bond acceptors (Lipinski definition) is 4. The molecule has 1 aromatic rings. The van der Waals surface area contributed by atoms with Crippen molar-refractivity contribution in [1.82, 2.24) is 4.90 Å². The average Bonchev–Trinajstić information content (AvgIpc) is 3.20. The number of aliphatic hydroxyl groups excluding tert-OH is 1. The number of halogens is 6. The first kappa shape index (κ1) is 33.8. The van der Waals surface area contributed by atoms with Gasteiger partial charge in [-0.25, -0.2) is 4.39 Å². The molecule has 0 saturated heterocycles. The minimum atomic E-state index is -5.47. The molecule has 2 fully saturated rings. The van der Waals surface area contributed by atoms with E-state index in [4.69, 9.17) is 0 Å². The number of thioether (sulfide) groups is 1. The van der Waals surface area contributed by atoms with E-state index in [1.807, 2.05) is 19.2 Å². The second-order valence-corrected chi connectivity index (χ2v) is 14.5. The summed E-state index contributed by atoms with van der Waals surface area (Å²) in [5.74, 6) is -2.70. The average molecular weight is 624 g/mol. The summed E-state index contributed by atoms with van der Waals surface area (Å²) in [6, 6.07) is 5.41. The van der Waals surface area contributed by atoms with Gasteiger partial charge in [0.1, 0.15) is 11.9 Å². The Hall–Kier alpha value is -1.13. The van der Waals surface area contributed by atoms with E-state index >= 15 is 4.39 Å². The van der Waals surface area contributed by atoms with Crippen molar-refractivity contribution in [2.45, 2.75) is 108 Å². The van der Waals surface area contributed by atoms with Crippen molar-refractivity contribution >= 4 is 11.8 Å². The van der Waals surface area contributed by atoms with Gasteiger partial charge in [0.25, 0.3) is 0 Å². The molecule has 42 heavy (non-hydrogen) atoms. The number of fused-ring (bicyclic) bond motifs is 5. The predicted molar refractivity (Wildman–Crippen MR) is 156 cm³/mol. The molecule has 0 aromatic heterocycles. The maximum Gasteiger partial charge on any atom is 0.453 e. The summed E-state index contributed by atoms with van der Waals surface area (Å²) < 4.78 is 78.5. The zero-order valence-electron chi connectivity index (χ0n) is 24.8. The fourth-order valence-corrected chi connectivity index (χ4v) is 9.07. The van der Waals surface area contributed by atoms with Crippen LogP contribution in [0, 0.1) is 23.2 Å². The van der Waals surface area contributed by atoms with E-state index in [1.165, 1.54) is 11.8 Å². The van der Waals surface area contributed by atoms with Crippen LogP contribution in [0.3, 0.4) is 0 Å². The van der Waals surface area contributed by atoms with Crippen molar-refractivity contribution in [3.63, 3.8) is 0 Å². The number of phenolic OH excluding ortho intramolecular Hbond substituents is 1. The normalized spacial score (nSPS) is 31.2. The first-order valence-electron chi connectivity index (χ1n) is 15.6. The van der Waals surface area contributed by atoms with Gasteiger partial charge in [-0.05, 0) is 129 Å². The summed E-state index contributed by atoms with van der Waals surface area (Å²) >= 11 is 1.42. The van der Waals surface area contributed by atoms with E-state index in [0.29, 0.717) is 24.0 Å². The molecule has 4 rings (SSSR count). The van der Waals surface area contributed by atoms with Crippen LogP contribution in [-0.4, -0.2) is 71.1 Å². The third kappa shape index (κ3) is 7.56. The van der Waals surface area contributed by atoms with E-state index in [1.54, 1.807) is 6.07 Å². The van der Waals surface area contributed by atoms with Gasteiger partial charge in [0.15, 0.2) is 0 Å². The number of alkyl halides is 6. The highest BCUT2D eigenvalue weighted by molar-refractivity contribution is 7.99. The number of rotatable bonds is 14. The maximum absolute atomic E-state index is 15.9. The van der Waals surface area contributed by atoms with Gasteiger partial charge in [-0.2, -0.15) is 33.7 Å². The molecule has 3 nitrogen and oxygen atoms in total. The molecule has 0 spiro atoms. The van der Waals surface area contributed by atoms with Crippen LogP contribution in [0.2, 0.25) is 0 Å². The molecule has 3 unspecified atom stereocenters. The highest BCUT2D eigenvalue weighted by Crippen LogP contribution is 2.63. The molecular weight excluding hydrogens is 576 g/mol. The van der Waals surface area contributed by atoms with Crippen molar-refractivity contribution < 1.29 is 36.6 Å². The molecule has 0 bridgehead atoms. The first-order valence-corrected chi connectivity index (χ1v) is 16.7. The Morgan fingerprint density at radius 1 is 1.00 bits per heavy atom. The molecule has 3 aliphatic rings. The smallest absolute Gasteiger partial charge is 0.453 e. The van der Waals surface area contributed by atoms with E-state index in [9.17, 15) is 32.2 Å². The van der Waals surface area contributed by atoms with Crippen molar-refractivity contribution in [2.75, 3.05) is 31.6 Å². The first-order chi connectivity index (χ1) is 19.7. The van der Waals surface area contributed by atoms with Crippen LogP contribution >= 0.6 is 11.8 Å². The van der Waals surface area contributed by atoms with Crippen molar-refractivity contribution in [1.29, 1.82) is 0 Å². The van der Waals surface area contributed by atoms with Crippen LogP contribution in [0.4, 0.5) is 26.3 Å². The lowest BCUT2D eigenvalue weighted by atomic mass is 9.51. The Balaban J connectivity index is 1.19. The number of aromatic hydroxyl groups is 1. The summed E-state index contributed by atoms with van der Waals surface area (Å²) in [5, 5.41) is 20.9. The molecule has 3 aliphatic carbocycles. The second-order valence-electron chi connectivity index (χ2n) is 13.3. The van der Waals surface area contributed by atoms with Crippen molar-refractivity contribution in [3.8, 4) is 5.75 Å². The maximum atomic E-state index is 15.9. The van der Waals surface area contributed by atoms with Gasteiger partial charge < -0.3 is 15.1 Å². The fraction of sp³-hybridized carbons (Fsp3) is 0.812. The number of nitrogens with zero attached hydrogens (tertiary/aromatic N) is 1. The van der Waals surface area contributed by atoms with Crippen molar-refractivity contribution in [3.05, 3.63) is 29.3 Å². The molecule has 0 heterocycles. The van der Waals surface area contributed by atoms with Gasteiger partial charge in [0.05, 0.1) is 6.10 Å². The van der Waals surface area contributed by atoms with E-state index in [0.717, 1.165) is 81.3 Å². The molecule has 0 radical (unpaired) electrons.